The van der Waals surface area contributed by atoms with Crippen LogP contribution in [0.5, 0.6) is 11.5 Å². The predicted molar refractivity (Wildman–Crippen MR) is 86.0 cm³/mol. The topological polar surface area (TPSA) is 64.4 Å². The molecule has 23 heavy (non-hydrogen) atoms. The Balaban J connectivity index is 0.000000595. The summed E-state index contributed by atoms with van der Waals surface area (Å²) >= 11 is 6.12. The van der Waals surface area contributed by atoms with Crippen molar-refractivity contribution in [1.29, 1.82) is 0 Å². The number of phenolic OH excluding ortho intramolecular Hbond substituents is 1. The van der Waals surface area contributed by atoms with Crippen molar-refractivity contribution < 1.29 is 19.0 Å². The molecule has 5 nitrogen and oxygen atoms in total. The molecule has 0 spiro atoms. The number of rotatable bonds is 2. The van der Waals surface area contributed by atoms with Gasteiger partial charge in [-0.15, -0.1) is 0 Å². The molecule has 1 N–H and O–H groups in total. The Morgan fingerprint density at radius 1 is 1.30 bits per heavy atom. The van der Waals surface area contributed by atoms with Crippen LogP contribution >= 0.6 is 11.6 Å². The number of carbonyl (C=O) groups excluding carboxylic acids is 1. The highest BCUT2D eigenvalue weighted by Gasteiger charge is 2.15. The van der Waals surface area contributed by atoms with E-state index in [4.69, 9.17) is 21.1 Å². The normalized spacial score (nSPS) is 10.1. The third-order valence-electron chi connectivity index (χ3n) is 2.98. The number of aromatic nitrogens is 2. The van der Waals surface area contributed by atoms with E-state index in [1.807, 2.05) is 0 Å². The molecule has 0 saturated heterocycles. The highest BCUT2D eigenvalue weighted by atomic mass is 35.5. The van der Waals surface area contributed by atoms with E-state index in [0.717, 1.165) is 11.0 Å². The molecule has 120 valence electrons. The Hall–Kier alpha value is -2.60. The second kappa shape index (κ2) is 7.11. The summed E-state index contributed by atoms with van der Waals surface area (Å²) in [6.07, 6.45) is 0.750. The molecule has 3 rings (SSSR count). The lowest BCUT2D eigenvalue weighted by molar-refractivity contribution is -0.106. The van der Waals surface area contributed by atoms with E-state index >= 15 is 0 Å². The average molecular weight is 337 g/mol. The summed E-state index contributed by atoms with van der Waals surface area (Å²) in [5.41, 5.74) is 0.841. The van der Waals surface area contributed by atoms with Crippen molar-refractivity contribution in [3.8, 4) is 17.2 Å². The molecule has 0 amide bonds. The fourth-order valence-electron chi connectivity index (χ4n) is 1.99. The lowest BCUT2D eigenvalue weighted by Gasteiger charge is -2.06. The van der Waals surface area contributed by atoms with Crippen molar-refractivity contribution >= 4 is 28.8 Å². The lowest BCUT2D eigenvalue weighted by Crippen LogP contribution is -2.00. The Labute approximate surface area is 136 Å². The Kier molecular flexibility index (Phi) is 5.18. The molecule has 0 aliphatic rings. The van der Waals surface area contributed by atoms with E-state index in [-0.39, 0.29) is 11.1 Å². The fraction of sp³-hybridized carbons (Fsp3) is 0.125. The van der Waals surface area contributed by atoms with Crippen LogP contribution < -0.4 is 4.74 Å². The quantitative estimate of drug-likeness (QED) is 0.724. The van der Waals surface area contributed by atoms with Crippen LogP contribution in [0.3, 0.4) is 0 Å². The third-order valence-corrected chi connectivity index (χ3v) is 3.28. The monoisotopic (exact) mass is 336 g/mol. The molecular weight excluding hydrogens is 323 g/mol. The maximum absolute atomic E-state index is 14.4. The van der Waals surface area contributed by atoms with Crippen molar-refractivity contribution in [2.45, 2.75) is 6.92 Å². The number of carbonyl (C=O) groups is 1. The van der Waals surface area contributed by atoms with Gasteiger partial charge in [-0.3, -0.25) is 0 Å². The second-order valence-electron chi connectivity index (χ2n) is 4.46. The first-order chi connectivity index (χ1) is 11.0. The van der Waals surface area contributed by atoms with E-state index in [0.29, 0.717) is 22.0 Å². The Bertz CT molecular complexity index is 849. The third kappa shape index (κ3) is 3.43. The smallest absolute Gasteiger partial charge is 0.224 e. The molecule has 0 aliphatic heterocycles. The Morgan fingerprint density at radius 2 is 2.00 bits per heavy atom. The molecule has 3 aromatic rings. The molecule has 7 heteroatoms. The zero-order chi connectivity index (χ0) is 17.0. The summed E-state index contributed by atoms with van der Waals surface area (Å²) in [5.74, 6) is -0.0201. The van der Waals surface area contributed by atoms with Crippen molar-refractivity contribution in [3.05, 3.63) is 47.4 Å². The molecule has 0 radical (unpaired) electrons. The Morgan fingerprint density at radius 3 is 2.61 bits per heavy atom. The number of halogens is 2. The number of aldehydes is 1. The van der Waals surface area contributed by atoms with Gasteiger partial charge in [0.25, 0.3) is 0 Å². The second-order valence-corrected chi connectivity index (χ2v) is 4.86. The van der Waals surface area contributed by atoms with Gasteiger partial charge in [-0.2, -0.15) is 9.49 Å². The van der Waals surface area contributed by atoms with Gasteiger partial charge in [0.15, 0.2) is 0 Å². The number of ether oxygens (including phenoxy) is 1. The molecule has 0 atom stereocenters. The number of aromatic hydroxyl groups is 1. The van der Waals surface area contributed by atoms with Crippen LogP contribution in [0, 0.1) is 5.95 Å². The summed E-state index contributed by atoms with van der Waals surface area (Å²) in [6.45, 7) is 1.44. The summed E-state index contributed by atoms with van der Waals surface area (Å²) < 4.78 is 20.5. The largest absolute Gasteiger partial charge is 0.508 e. The summed E-state index contributed by atoms with van der Waals surface area (Å²) in [4.78, 5) is 8.81. The molecular formula is C16H14ClFN2O3. The average Bonchev–Trinajstić information content (AvgIpc) is 2.84. The van der Waals surface area contributed by atoms with E-state index in [1.165, 1.54) is 26.2 Å². The summed E-state index contributed by atoms with van der Waals surface area (Å²) in [5, 5.41) is 14.1. The van der Waals surface area contributed by atoms with Crippen LogP contribution in [0.25, 0.3) is 16.6 Å². The van der Waals surface area contributed by atoms with Crippen LogP contribution in [-0.2, 0) is 4.79 Å². The predicted octanol–water partition coefficient (Wildman–Crippen LogP) is 3.74. The highest BCUT2D eigenvalue weighted by Crippen LogP contribution is 2.29. The summed E-state index contributed by atoms with van der Waals surface area (Å²) in [6, 6.07) is 9.20. The van der Waals surface area contributed by atoms with Gasteiger partial charge in [0.1, 0.15) is 17.8 Å². The number of hydrogen-bond donors (Lipinski definition) is 1. The molecule has 0 fully saturated rings. The SMILES string of the molecule is CC=O.COc1ccc(-n2nc3ccc(O)cc3c2F)c(Cl)c1. The van der Waals surface area contributed by atoms with E-state index in [2.05, 4.69) is 5.10 Å². The molecule has 0 unspecified atom stereocenters. The number of phenols is 1. The number of fused-ring (bicyclic) bond motifs is 1. The number of benzene rings is 2. The molecule has 0 saturated carbocycles. The first kappa shape index (κ1) is 16.8. The van der Waals surface area contributed by atoms with Crippen molar-refractivity contribution in [2.75, 3.05) is 7.11 Å². The van der Waals surface area contributed by atoms with Crippen molar-refractivity contribution in [1.82, 2.24) is 9.78 Å². The van der Waals surface area contributed by atoms with Crippen LogP contribution in [0.1, 0.15) is 6.92 Å². The number of methoxy groups -OCH3 is 1. The maximum Gasteiger partial charge on any atom is 0.224 e. The van der Waals surface area contributed by atoms with E-state index in [9.17, 15) is 9.50 Å². The van der Waals surface area contributed by atoms with Gasteiger partial charge in [0.2, 0.25) is 5.95 Å². The molecule has 1 aromatic heterocycles. The summed E-state index contributed by atoms with van der Waals surface area (Å²) in [7, 11) is 1.52. The van der Waals surface area contributed by atoms with Crippen molar-refractivity contribution in [3.63, 3.8) is 0 Å². The first-order valence-corrected chi connectivity index (χ1v) is 7.00. The van der Waals surface area contributed by atoms with E-state index < -0.39 is 5.95 Å². The van der Waals surface area contributed by atoms with Crippen LogP contribution in [0.15, 0.2) is 36.4 Å². The zero-order valence-corrected chi connectivity index (χ0v) is 13.2. The van der Waals surface area contributed by atoms with Gasteiger partial charge in [-0.25, -0.2) is 4.68 Å². The maximum atomic E-state index is 14.4. The van der Waals surface area contributed by atoms with Crippen molar-refractivity contribution in [2.24, 2.45) is 0 Å². The molecule has 1 heterocycles. The van der Waals surface area contributed by atoms with Crippen LogP contribution in [0.4, 0.5) is 4.39 Å². The minimum absolute atomic E-state index is 0.0169. The van der Waals surface area contributed by atoms with Gasteiger partial charge in [-0.1, -0.05) is 11.6 Å². The minimum atomic E-state index is -0.581. The first-order valence-electron chi connectivity index (χ1n) is 6.62. The molecule has 2 aromatic carbocycles. The van der Waals surface area contributed by atoms with E-state index in [1.54, 1.807) is 24.3 Å². The minimum Gasteiger partial charge on any atom is -0.508 e. The van der Waals surface area contributed by atoms with Gasteiger partial charge in [0.05, 0.1) is 28.7 Å². The zero-order valence-electron chi connectivity index (χ0n) is 12.5. The van der Waals surface area contributed by atoms with Crippen LogP contribution in [-0.4, -0.2) is 28.3 Å². The molecule has 0 bridgehead atoms. The van der Waals surface area contributed by atoms with Crippen LogP contribution in [0.2, 0.25) is 5.02 Å². The van der Waals surface area contributed by atoms with Gasteiger partial charge in [-0.05, 0) is 37.3 Å². The van der Waals surface area contributed by atoms with Gasteiger partial charge in [0, 0.05) is 6.07 Å². The lowest BCUT2D eigenvalue weighted by atomic mass is 10.2. The van der Waals surface area contributed by atoms with Gasteiger partial charge < -0.3 is 14.6 Å². The highest BCUT2D eigenvalue weighted by molar-refractivity contribution is 6.32. The van der Waals surface area contributed by atoms with Gasteiger partial charge >= 0.3 is 0 Å². The fourth-order valence-corrected chi connectivity index (χ4v) is 2.24. The molecule has 0 aliphatic carbocycles. The number of hydrogen-bond acceptors (Lipinski definition) is 4. The standard InChI is InChI=1S/C14H10ClFN2O2.C2H4O/c1-20-9-3-5-13(11(15)7-9)18-14(16)10-6-8(19)2-4-12(10)17-18;1-2-3/h2-7,19H,1H3;2H,1H3. The number of nitrogens with zero attached hydrogens (tertiary/aromatic N) is 2.